The maximum atomic E-state index is 10.9. The summed E-state index contributed by atoms with van der Waals surface area (Å²) in [6.07, 6.45) is 4.30. The van der Waals surface area contributed by atoms with E-state index in [0.717, 1.165) is 49.7 Å². The molecular formula is C38H24N4. The number of hydrogen-bond donors (Lipinski definition) is 0. The third kappa shape index (κ3) is 3.40. The van der Waals surface area contributed by atoms with Crippen molar-refractivity contribution in [1.29, 1.82) is 10.5 Å². The normalized spacial score (nSPS) is 16.8. The van der Waals surface area contributed by atoms with E-state index in [1.807, 2.05) is 30.3 Å². The highest BCUT2D eigenvalue weighted by Crippen LogP contribution is 2.42. The number of benzene rings is 5. The van der Waals surface area contributed by atoms with E-state index in [1.54, 1.807) is 0 Å². The van der Waals surface area contributed by atoms with E-state index in [9.17, 15) is 10.5 Å². The zero-order chi connectivity index (χ0) is 28.3. The summed E-state index contributed by atoms with van der Waals surface area (Å²) >= 11 is 0. The minimum Gasteiger partial charge on any atom is -0.317 e. The van der Waals surface area contributed by atoms with E-state index in [1.165, 1.54) is 10.8 Å². The van der Waals surface area contributed by atoms with Crippen LogP contribution in [0.5, 0.6) is 0 Å². The zero-order valence-corrected chi connectivity index (χ0v) is 22.7. The SMILES string of the molecule is N#CC1=CC(c2cccc(-n3c4ccccc4c4ccccc43)c2)=CC(C#N)(n2c3ccccc3c3ccccc32)C1. The Balaban J connectivity index is 1.37. The van der Waals surface area contributed by atoms with Crippen molar-refractivity contribution in [2.45, 2.75) is 12.0 Å². The molecule has 0 fully saturated rings. The minimum absolute atomic E-state index is 0.304. The second-order valence-corrected chi connectivity index (χ2v) is 10.9. The predicted octanol–water partition coefficient (Wildman–Crippen LogP) is 9.05. The van der Waals surface area contributed by atoms with Crippen LogP contribution in [0.4, 0.5) is 0 Å². The lowest BCUT2D eigenvalue weighted by Crippen LogP contribution is -2.32. The van der Waals surface area contributed by atoms with Gasteiger partial charge in [0.25, 0.3) is 0 Å². The molecule has 4 heteroatoms. The molecular weight excluding hydrogens is 512 g/mol. The van der Waals surface area contributed by atoms with Crippen molar-refractivity contribution in [3.8, 4) is 17.8 Å². The van der Waals surface area contributed by atoms with Gasteiger partial charge in [0.1, 0.15) is 0 Å². The molecule has 7 aromatic rings. The number of fused-ring (bicyclic) bond motifs is 6. The van der Waals surface area contributed by atoms with Crippen molar-refractivity contribution >= 4 is 49.2 Å². The quantitative estimate of drug-likeness (QED) is 0.226. The molecule has 0 saturated heterocycles. The average molecular weight is 537 g/mol. The minimum atomic E-state index is -1.07. The van der Waals surface area contributed by atoms with Crippen LogP contribution >= 0.6 is 0 Å². The van der Waals surface area contributed by atoms with Crippen molar-refractivity contribution in [3.05, 3.63) is 145 Å². The van der Waals surface area contributed by atoms with E-state index in [0.29, 0.717) is 12.0 Å². The third-order valence-electron chi connectivity index (χ3n) is 8.52. The smallest absolute Gasteiger partial charge is 0.156 e. The predicted molar refractivity (Wildman–Crippen MR) is 170 cm³/mol. The lowest BCUT2D eigenvalue weighted by atomic mass is 9.82. The highest BCUT2D eigenvalue weighted by atomic mass is 15.1. The van der Waals surface area contributed by atoms with Gasteiger partial charge in [-0.05, 0) is 59.7 Å². The van der Waals surface area contributed by atoms with Gasteiger partial charge >= 0.3 is 0 Å². The van der Waals surface area contributed by atoms with Crippen molar-refractivity contribution in [2.75, 3.05) is 0 Å². The fraction of sp³-hybridized carbons (Fsp3) is 0.0526. The Kier molecular flexibility index (Phi) is 5.20. The average Bonchev–Trinajstić information content (AvgIpc) is 3.58. The molecule has 0 bridgehead atoms. The van der Waals surface area contributed by atoms with Crippen LogP contribution in [-0.4, -0.2) is 9.13 Å². The Labute approximate surface area is 242 Å². The number of nitrogens with zero attached hydrogens (tertiary/aromatic N) is 4. The highest BCUT2D eigenvalue weighted by Gasteiger charge is 2.37. The van der Waals surface area contributed by atoms with Gasteiger partial charge in [-0.3, -0.25) is 0 Å². The summed E-state index contributed by atoms with van der Waals surface area (Å²) in [5, 5.41) is 25.7. The summed E-state index contributed by atoms with van der Waals surface area (Å²) in [4.78, 5) is 0. The summed E-state index contributed by atoms with van der Waals surface area (Å²) < 4.78 is 4.41. The van der Waals surface area contributed by atoms with Crippen LogP contribution in [0.3, 0.4) is 0 Å². The Bertz CT molecular complexity index is 2260. The van der Waals surface area contributed by atoms with Gasteiger partial charge in [0.15, 0.2) is 5.54 Å². The van der Waals surface area contributed by atoms with Gasteiger partial charge in [-0.15, -0.1) is 0 Å². The van der Waals surface area contributed by atoms with Crippen LogP contribution in [0.15, 0.2) is 139 Å². The van der Waals surface area contributed by atoms with Crippen LogP contribution in [-0.2, 0) is 5.54 Å². The van der Waals surface area contributed by atoms with E-state index in [4.69, 9.17) is 0 Å². The highest BCUT2D eigenvalue weighted by molar-refractivity contribution is 6.10. The number of allylic oxidation sites excluding steroid dienone is 4. The fourth-order valence-electron chi connectivity index (χ4n) is 6.76. The number of para-hydroxylation sites is 4. The molecule has 2 aromatic heterocycles. The molecule has 196 valence electrons. The van der Waals surface area contributed by atoms with Crippen molar-refractivity contribution in [1.82, 2.24) is 9.13 Å². The lowest BCUT2D eigenvalue weighted by molar-refractivity contribution is 0.506. The Morgan fingerprint density at radius 1 is 0.595 bits per heavy atom. The molecule has 0 N–H and O–H groups in total. The molecule has 1 atom stereocenters. The van der Waals surface area contributed by atoms with Gasteiger partial charge in [0.2, 0.25) is 0 Å². The molecule has 8 rings (SSSR count). The summed E-state index contributed by atoms with van der Waals surface area (Å²) in [6, 6.07) is 46.8. The first-order valence-corrected chi connectivity index (χ1v) is 14.0. The second-order valence-electron chi connectivity index (χ2n) is 10.9. The first kappa shape index (κ1) is 24.0. The summed E-state index contributed by atoms with van der Waals surface area (Å²) in [5.74, 6) is 0. The molecule has 1 aliphatic rings. The van der Waals surface area contributed by atoms with Crippen molar-refractivity contribution in [2.24, 2.45) is 0 Å². The molecule has 5 aromatic carbocycles. The van der Waals surface area contributed by atoms with Crippen molar-refractivity contribution in [3.63, 3.8) is 0 Å². The van der Waals surface area contributed by atoms with Crippen LogP contribution in [0, 0.1) is 22.7 Å². The summed E-state index contributed by atoms with van der Waals surface area (Å²) in [6.45, 7) is 0. The van der Waals surface area contributed by atoms with E-state index in [-0.39, 0.29) is 0 Å². The largest absolute Gasteiger partial charge is 0.317 e. The molecule has 2 heterocycles. The Morgan fingerprint density at radius 2 is 1.12 bits per heavy atom. The summed E-state index contributed by atoms with van der Waals surface area (Å²) in [5.41, 5.74) is 6.60. The fourth-order valence-corrected chi connectivity index (χ4v) is 6.76. The number of aromatic nitrogens is 2. The maximum Gasteiger partial charge on any atom is 0.156 e. The lowest BCUT2D eigenvalue weighted by Gasteiger charge is -2.31. The maximum absolute atomic E-state index is 10.9. The molecule has 4 nitrogen and oxygen atoms in total. The molecule has 0 saturated carbocycles. The van der Waals surface area contributed by atoms with Gasteiger partial charge in [-0.1, -0.05) is 84.9 Å². The van der Waals surface area contributed by atoms with Crippen LogP contribution in [0.2, 0.25) is 0 Å². The van der Waals surface area contributed by atoms with E-state index < -0.39 is 5.54 Å². The third-order valence-corrected chi connectivity index (χ3v) is 8.52. The monoisotopic (exact) mass is 536 g/mol. The molecule has 0 amide bonds. The van der Waals surface area contributed by atoms with Gasteiger partial charge < -0.3 is 9.13 Å². The second kappa shape index (κ2) is 9.10. The van der Waals surface area contributed by atoms with Crippen LogP contribution in [0.25, 0.3) is 54.9 Å². The topological polar surface area (TPSA) is 57.4 Å². The zero-order valence-electron chi connectivity index (χ0n) is 22.7. The first-order valence-electron chi connectivity index (χ1n) is 14.0. The molecule has 42 heavy (non-hydrogen) atoms. The van der Waals surface area contributed by atoms with E-state index in [2.05, 4.69) is 124 Å². The molecule has 1 aliphatic carbocycles. The standard InChI is InChI=1S/C38H24N4/c39-24-26-20-28(23-38(22-26,25-40)42-36-18-7-3-14-32(36)33-15-4-8-19-37(33)42)27-10-9-11-29(21-27)41-34-16-5-1-12-30(34)31-13-2-6-17-35(31)41/h1-21,23H,22H2. The Hall–Kier alpha value is -5.84. The van der Waals surface area contributed by atoms with Crippen LogP contribution in [0.1, 0.15) is 12.0 Å². The number of hydrogen-bond acceptors (Lipinski definition) is 2. The van der Waals surface area contributed by atoms with Gasteiger partial charge in [-0.2, -0.15) is 10.5 Å². The van der Waals surface area contributed by atoms with Gasteiger partial charge in [0, 0.05) is 39.2 Å². The molecule has 1 unspecified atom stereocenters. The molecule has 0 radical (unpaired) electrons. The van der Waals surface area contributed by atoms with Crippen molar-refractivity contribution < 1.29 is 0 Å². The van der Waals surface area contributed by atoms with Gasteiger partial charge in [-0.25, -0.2) is 0 Å². The number of nitriles is 2. The first-order chi connectivity index (χ1) is 20.7. The van der Waals surface area contributed by atoms with Crippen LogP contribution < -0.4 is 0 Å². The number of rotatable bonds is 3. The Morgan fingerprint density at radius 3 is 1.67 bits per heavy atom. The molecule has 0 aliphatic heterocycles. The van der Waals surface area contributed by atoms with Gasteiger partial charge in [0.05, 0.1) is 34.2 Å². The van der Waals surface area contributed by atoms with E-state index >= 15 is 0 Å². The summed E-state index contributed by atoms with van der Waals surface area (Å²) in [7, 11) is 0. The molecule has 0 spiro atoms.